The first kappa shape index (κ1) is 59.2. The second kappa shape index (κ2) is 30.5. The number of unbranched alkanes of at least 4 members (excludes halogenated alkanes) is 1. The van der Waals surface area contributed by atoms with Gasteiger partial charge in [0.05, 0.1) is 0 Å². The zero-order valence-corrected chi connectivity index (χ0v) is 41.3. The molecule has 0 aliphatic rings. The van der Waals surface area contributed by atoms with Gasteiger partial charge in [-0.15, -0.1) is 0 Å². The van der Waals surface area contributed by atoms with E-state index < -0.39 is 83.0 Å². The van der Waals surface area contributed by atoms with Crippen LogP contribution in [-0.2, 0) is 46.4 Å². The topological polar surface area (TPSA) is 393 Å². The van der Waals surface area contributed by atoms with Gasteiger partial charge in [-0.2, -0.15) is 0 Å². The van der Waals surface area contributed by atoms with Crippen LogP contribution in [0.3, 0.4) is 0 Å². The largest absolute Gasteiger partial charge is 0.508 e. The maximum absolute atomic E-state index is 14.6. The number of carbonyl (C=O) groups is 7. The summed E-state index contributed by atoms with van der Waals surface area (Å²) in [6.45, 7) is 9.54. The molecule has 0 spiro atoms. The summed E-state index contributed by atoms with van der Waals surface area (Å²) in [5.41, 5.74) is 33.7. The Kier molecular flexibility index (Phi) is 25.8. The lowest BCUT2D eigenvalue weighted by Crippen LogP contribution is -2.61. The van der Waals surface area contributed by atoms with Gasteiger partial charge in [-0.1, -0.05) is 83.5 Å². The van der Waals surface area contributed by atoms with Crippen molar-refractivity contribution < 1.29 is 38.7 Å². The first-order chi connectivity index (χ1) is 33.1. The van der Waals surface area contributed by atoms with Gasteiger partial charge in [-0.05, 0) is 87.1 Å². The fourth-order valence-corrected chi connectivity index (χ4v) is 7.01. The van der Waals surface area contributed by atoms with E-state index in [2.05, 4.69) is 41.9 Å². The van der Waals surface area contributed by atoms with Gasteiger partial charge in [-0.3, -0.25) is 43.5 Å². The highest BCUT2D eigenvalue weighted by molar-refractivity contribution is 5.97. The number of amides is 7. The Bertz CT molecular complexity index is 2060. The number of aromatic hydroxyl groups is 1. The number of guanidine groups is 2. The molecule has 0 bridgehead atoms. The lowest BCUT2D eigenvalue weighted by molar-refractivity contribution is -0.136. The molecule has 2 aromatic carbocycles. The molecule has 22 heteroatoms. The summed E-state index contributed by atoms with van der Waals surface area (Å²) in [5.74, 6) is -5.60. The molecule has 70 heavy (non-hydrogen) atoms. The van der Waals surface area contributed by atoms with Crippen LogP contribution in [0.1, 0.15) is 104 Å². The summed E-state index contributed by atoms with van der Waals surface area (Å²) in [7, 11) is 0. The highest BCUT2D eigenvalue weighted by Crippen LogP contribution is 2.21. The Labute approximate surface area is 411 Å². The van der Waals surface area contributed by atoms with Gasteiger partial charge in [0.2, 0.25) is 41.4 Å². The average molecular weight is 979 g/mol. The Morgan fingerprint density at radius 2 is 1.01 bits per heavy atom. The molecule has 7 amide bonds. The summed E-state index contributed by atoms with van der Waals surface area (Å²) >= 11 is 0. The quantitative estimate of drug-likeness (QED) is 0.0245. The first-order valence-electron chi connectivity index (χ1n) is 23.9. The average Bonchev–Trinajstić information content (AvgIpc) is 3.31. The van der Waals surface area contributed by atoms with Crippen molar-refractivity contribution >= 4 is 53.3 Å². The number of benzene rings is 2. The summed E-state index contributed by atoms with van der Waals surface area (Å²) < 4.78 is 0. The predicted octanol–water partition coefficient (Wildman–Crippen LogP) is -0.710. The van der Waals surface area contributed by atoms with Crippen molar-refractivity contribution in [2.75, 3.05) is 19.6 Å². The summed E-state index contributed by atoms with van der Waals surface area (Å²) in [5, 5.41) is 26.6. The Morgan fingerprint density at radius 3 is 1.49 bits per heavy atom. The molecule has 0 aliphatic carbocycles. The highest BCUT2D eigenvalue weighted by Gasteiger charge is 2.36. The molecule has 0 saturated heterocycles. The van der Waals surface area contributed by atoms with E-state index in [0.29, 0.717) is 49.8 Å². The molecule has 7 unspecified atom stereocenters. The lowest BCUT2D eigenvalue weighted by Gasteiger charge is -2.29. The minimum atomic E-state index is -1.39. The van der Waals surface area contributed by atoms with Crippen LogP contribution in [0.2, 0.25) is 0 Å². The SMILES string of the molecule is CCC(C)C(NC(=O)C(CCCN=C(N)N)NC(=O)C(Cc1ccc(O)cc1)NC(=O)C(Cc1ccccc1)NC(=O)C(CCCN=C(N)N)NC(=O)C(C)(C)CC)C(=O)NC(CCCCN)C(N)=O. The number of phenolic OH excluding ortho intramolecular Hbond substituents is 1. The van der Waals surface area contributed by atoms with Crippen molar-refractivity contribution in [2.45, 2.75) is 141 Å². The Morgan fingerprint density at radius 1 is 0.571 bits per heavy atom. The number of nitrogens with zero attached hydrogens (tertiary/aromatic N) is 2. The van der Waals surface area contributed by atoms with Crippen molar-refractivity contribution in [3.05, 3.63) is 65.7 Å². The molecule has 19 N–H and O–H groups in total. The molecular formula is C48H78N14O8. The van der Waals surface area contributed by atoms with E-state index in [0.717, 1.165) is 0 Å². The van der Waals surface area contributed by atoms with Gasteiger partial charge in [0, 0.05) is 31.3 Å². The van der Waals surface area contributed by atoms with Crippen LogP contribution in [0.4, 0.5) is 0 Å². The van der Waals surface area contributed by atoms with Gasteiger partial charge in [0.15, 0.2) is 11.9 Å². The van der Waals surface area contributed by atoms with Crippen molar-refractivity contribution in [1.82, 2.24) is 31.9 Å². The molecule has 22 nitrogen and oxygen atoms in total. The van der Waals surface area contributed by atoms with E-state index in [1.54, 1.807) is 63.2 Å². The number of primary amides is 1. The number of aliphatic imine (C=N–C) groups is 2. The molecule has 0 aromatic heterocycles. The van der Waals surface area contributed by atoms with Crippen molar-refractivity contribution in [2.24, 2.45) is 55.7 Å². The van der Waals surface area contributed by atoms with E-state index in [4.69, 9.17) is 34.4 Å². The van der Waals surface area contributed by atoms with E-state index >= 15 is 0 Å². The van der Waals surface area contributed by atoms with Crippen LogP contribution in [0.25, 0.3) is 0 Å². The standard InChI is InChI=1S/C48H78N14O8/c1-6-29(3)38(44(69)57-33(39(50)64)17-11-12-24-49)62-41(66)34(18-13-25-55-46(51)52)58-42(67)37(28-31-20-22-32(63)23-21-31)60-43(68)36(27-30-15-9-8-10-16-30)59-40(65)35(19-14-26-56-47(53)54)61-45(70)48(4,5)7-2/h8-10,15-16,20-23,29,33-38,63H,6-7,11-14,17-19,24-28,49H2,1-5H3,(H2,50,64)(H,57,69)(H,58,67)(H,59,65)(H,60,68)(H,61,70)(H,62,66)(H4,51,52,55)(H4,53,54,56). The predicted molar refractivity (Wildman–Crippen MR) is 269 cm³/mol. The number of nitrogens with two attached hydrogens (primary N) is 6. The molecular weight excluding hydrogens is 901 g/mol. The van der Waals surface area contributed by atoms with Crippen LogP contribution in [0.15, 0.2) is 64.6 Å². The fraction of sp³-hybridized carbons (Fsp3) is 0.562. The van der Waals surface area contributed by atoms with E-state index in [9.17, 15) is 38.7 Å². The molecule has 0 fully saturated rings. The number of rotatable bonds is 32. The van der Waals surface area contributed by atoms with Crippen molar-refractivity contribution in [3.8, 4) is 5.75 Å². The van der Waals surface area contributed by atoms with Crippen molar-refractivity contribution in [3.63, 3.8) is 0 Å². The lowest BCUT2D eigenvalue weighted by atomic mass is 9.88. The molecule has 0 aliphatic heterocycles. The van der Waals surface area contributed by atoms with Gasteiger partial charge in [0.1, 0.15) is 42.0 Å². The maximum atomic E-state index is 14.6. The molecule has 0 heterocycles. The number of hydrogen-bond donors (Lipinski definition) is 13. The molecule has 0 saturated carbocycles. The number of phenols is 1. The fourth-order valence-electron chi connectivity index (χ4n) is 7.01. The zero-order valence-electron chi connectivity index (χ0n) is 41.3. The third-order valence-electron chi connectivity index (χ3n) is 12.0. The number of nitrogens with one attached hydrogen (secondary N) is 6. The monoisotopic (exact) mass is 979 g/mol. The van der Waals surface area contributed by atoms with E-state index in [1.807, 2.05) is 13.8 Å². The van der Waals surface area contributed by atoms with Gasteiger partial charge in [0.25, 0.3) is 0 Å². The highest BCUT2D eigenvalue weighted by atomic mass is 16.3. The zero-order chi connectivity index (χ0) is 52.4. The van der Waals surface area contributed by atoms with E-state index in [-0.39, 0.29) is 75.2 Å². The summed E-state index contributed by atoms with van der Waals surface area (Å²) in [6, 6.07) is 7.49. The van der Waals surface area contributed by atoms with Crippen LogP contribution >= 0.6 is 0 Å². The normalized spacial score (nSPS) is 14.1. The minimum absolute atomic E-state index is 0.0239. The third kappa shape index (κ3) is 21.5. The molecule has 0 radical (unpaired) electrons. The van der Waals surface area contributed by atoms with E-state index in [1.165, 1.54) is 12.1 Å². The molecule has 2 rings (SSSR count). The number of carbonyl (C=O) groups excluding carboxylic acids is 7. The number of hydrogen-bond acceptors (Lipinski definition) is 11. The van der Waals surface area contributed by atoms with Gasteiger partial charge in [-0.25, -0.2) is 0 Å². The smallest absolute Gasteiger partial charge is 0.243 e. The molecule has 7 atom stereocenters. The molecule has 388 valence electrons. The second-order valence-electron chi connectivity index (χ2n) is 18.0. The van der Waals surface area contributed by atoms with Gasteiger partial charge < -0.3 is 71.4 Å². The van der Waals surface area contributed by atoms with Crippen molar-refractivity contribution in [1.29, 1.82) is 0 Å². The molecule has 2 aromatic rings. The minimum Gasteiger partial charge on any atom is -0.508 e. The second-order valence-corrected chi connectivity index (χ2v) is 18.0. The van der Waals surface area contributed by atoms with Crippen LogP contribution in [-0.4, -0.2) is 114 Å². The maximum Gasteiger partial charge on any atom is 0.243 e. The summed E-state index contributed by atoms with van der Waals surface area (Å²) in [6.07, 6.45) is 2.70. The Hall–Kier alpha value is -6.97. The summed E-state index contributed by atoms with van der Waals surface area (Å²) in [4.78, 5) is 105. The first-order valence-corrected chi connectivity index (χ1v) is 23.9. The van der Waals surface area contributed by atoms with Crippen LogP contribution < -0.4 is 66.3 Å². The third-order valence-corrected chi connectivity index (χ3v) is 12.0. The van der Waals surface area contributed by atoms with Crippen LogP contribution in [0, 0.1) is 11.3 Å². The van der Waals surface area contributed by atoms with Gasteiger partial charge >= 0.3 is 0 Å². The van der Waals surface area contributed by atoms with Crippen LogP contribution in [0.5, 0.6) is 5.75 Å². The Balaban J connectivity index is 2.59.